The summed E-state index contributed by atoms with van der Waals surface area (Å²) in [7, 11) is 12.1. The van der Waals surface area contributed by atoms with E-state index in [9.17, 15) is 19.2 Å². The quantitative estimate of drug-likeness (QED) is 0.0740. The summed E-state index contributed by atoms with van der Waals surface area (Å²) in [5, 5.41) is 2.82. The SMILES string of the molecule is CCCN(C)C(=O)c1ccc(-c2ccc(Cl)cc2)c(COC)c1.CCN(C)C(=O)c1ccc(-c2ccc(Cl)cc2)c(COC)c1.COCc1cc(C(=O)N(C)C(C)C)ccc1-c1ccc(Cl)cc1.COCc1cc(C(=O)N2[C@H](C)CCC[C@@H]2C)ccc1-c1ccc(Cl)cc1. The maximum absolute atomic E-state index is 13.1. The predicted molar refractivity (Wildman–Crippen MR) is 386 cm³/mol. The van der Waals surface area contributed by atoms with E-state index in [0.717, 1.165) is 98.1 Å². The minimum Gasteiger partial charge on any atom is -0.380 e. The van der Waals surface area contributed by atoms with Crippen LogP contribution in [-0.4, -0.2) is 124 Å². The van der Waals surface area contributed by atoms with Crippen molar-refractivity contribution in [1.29, 1.82) is 0 Å². The van der Waals surface area contributed by atoms with Gasteiger partial charge in [0.05, 0.1) is 26.4 Å². The number of rotatable bonds is 20. The van der Waals surface area contributed by atoms with Gasteiger partial charge in [-0.2, -0.15) is 0 Å². The van der Waals surface area contributed by atoms with Gasteiger partial charge in [-0.05, 0) is 224 Å². The molecule has 16 heteroatoms. The van der Waals surface area contributed by atoms with Crippen molar-refractivity contribution in [2.24, 2.45) is 0 Å². The monoisotopic (exact) mass is 1350 g/mol. The Kier molecular flexibility index (Phi) is 30.3. The van der Waals surface area contributed by atoms with Gasteiger partial charge in [-0.15, -0.1) is 0 Å². The molecule has 1 aliphatic heterocycles. The molecule has 8 aromatic rings. The molecule has 0 saturated carbocycles. The van der Waals surface area contributed by atoms with Crippen LogP contribution in [0.25, 0.3) is 44.5 Å². The average Bonchev–Trinajstić information content (AvgIpc) is 0.846. The lowest BCUT2D eigenvalue weighted by atomic mass is 9.94. The van der Waals surface area contributed by atoms with Gasteiger partial charge in [0.1, 0.15) is 0 Å². The number of carbonyl (C=O) groups is 4. The van der Waals surface area contributed by atoms with Crippen LogP contribution in [0, 0.1) is 0 Å². The van der Waals surface area contributed by atoms with Gasteiger partial charge in [0.2, 0.25) is 0 Å². The van der Waals surface area contributed by atoms with E-state index in [-0.39, 0.29) is 41.8 Å². The number of piperidine rings is 1. The highest BCUT2D eigenvalue weighted by Crippen LogP contribution is 2.33. The molecular weight excluding hydrogens is 1260 g/mol. The number of hydrogen-bond acceptors (Lipinski definition) is 8. The molecule has 1 saturated heterocycles. The maximum atomic E-state index is 13.1. The van der Waals surface area contributed by atoms with E-state index in [1.165, 1.54) is 6.42 Å². The summed E-state index contributed by atoms with van der Waals surface area (Å²) < 4.78 is 21.3. The first-order valence-electron chi connectivity index (χ1n) is 31.7. The zero-order chi connectivity index (χ0) is 68.6. The number of likely N-dealkylation sites (tertiary alicyclic amines) is 1. The van der Waals surface area contributed by atoms with Gasteiger partial charge in [0.15, 0.2) is 0 Å². The van der Waals surface area contributed by atoms with Crippen LogP contribution in [0.5, 0.6) is 0 Å². The summed E-state index contributed by atoms with van der Waals surface area (Å²) in [5.41, 5.74) is 15.2. The van der Waals surface area contributed by atoms with E-state index in [1.807, 2.05) is 210 Å². The molecule has 8 aromatic carbocycles. The zero-order valence-corrected chi connectivity index (χ0v) is 59.6. The summed E-state index contributed by atoms with van der Waals surface area (Å²) >= 11 is 23.9. The van der Waals surface area contributed by atoms with Crippen molar-refractivity contribution in [3.8, 4) is 44.5 Å². The Bertz CT molecular complexity index is 3740. The molecule has 0 spiro atoms. The molecular formula is C78H90Cl4N4O8. The molecule has 0 unspecified atom stereocenters. The van der Waals surface area contributed by atoms with Crippen LogP contribution in [0.15, 0.2) is 170 Å². The highest BCUT2D eigenvalue weighted by molar-refractivity contribution is 6.31. The van der Waals surface area contributed by atoms with Crippen LogP contribution in [-0.2, 0) is 45.4 Å². The van der Waals surface area contributed by atoms with Crippen LogP contribution in [0.1, 0.15) is 131 Å². The first-order valence-corrected chi connectivity index (χ1v) is 33.2. The summed E-state index contributed by atoms with van der Waals surface area (Å²) in [4.78, 5) is 57.6. The van der Waals surface area contributed by atoms with Gasteiger partial charge in [0.25, 0.3) is 23.6 Å². The molecule has 94 heavy (non-hydrogen) atoms. The van der Waals surface area contributed by atoms with Gasteiger partial charge in [0, 0.05) is 123 Å². The Labute approximate surface area is 577 Å². The molecule has 9 rings (SSSR count). The van der Waals surface area contributed by atoms with Gasteiger partial charge in [-0.3, -0.25) is 19.2 Å². The zero-order valence-electron chi connectivity index (χ0n) is 56.5. The van der Waals surface area contributed by atoms with Crippen molar-refractivity contribution in [2.45, 2.75) is 112 Å². The first kappa shape index (κ1) is 75.7. The average molecular weight is 1350 g/mol. The fourth-order valence-electron chi connectivity index (χ4n) is 11.1. The highest BCUT2D eigenvalue weighted by atomic mass is 35.5. The molecule has 498 valence electrons. The van der Waals surface area contributed by atoms with Gasteiger partial charge >= 0.3 is 0 Å². The number of amides is 4. The molecule has 1 fully saturated rings. The number of methoxy groups -OCH3 is 4. The van der Waals surface area contributed by atoms with Gasteiger partial charge in [-0.1, -0.05) is 126 Å². The third kappa shape index (κ3) is 21.1. The Morgan fingerprint density at radius 1 is 0.436 bits per heavy atom. The van der Waals surface area contributed by atoms with Gasteiger partial charge in [-0.25, -0.2) is 0 Å². The molecule has 0 aliphatic carbocycles. The fraction of sp³-hybridized carbons (Fsp3) is 0.333. The first-order chi connectivity index (χ1) is 45.1. The smallest absolute Gasteiger partial charge is 0.254 e. The number of halogens is 4. The topological polar surface area (TPSA) is 118 Å². The number of nitrogens with zero attached hydrogens (tertiary/aromatic N) is 4. The molecule has 12 nitrogen and oxygen atoms in total. The van der Waals surface area contributed by atoms with Gasteiger partial charge < -0.3 is 38.5 Å². The molecule has 0 radical (unpaired) electrons. The van der Waals surface area contributed by atoms with Crippen LogP contribution in [0.3, 0.4) is 0 Å². The second kappa shape index (κ2) is 37.7. The van der Waals surface area contributed by atoms with E-state index in [0.29, 0.717) is 69.8 Å². The van der Waals surface area contributed by atoms with E-state index < -0.39 is 0 Å². The minimum atomic E-state index is 0.0139. The third-order valence-electron chi connectivity index (χ3n) is 16.5. The standard InChI is InChI=1S/C22H26ClNO2.2C19H22ClNO2.C18H20ClNO2/c1-15-5-4-6-16(2)24(15)22(25)18-9-12-21(19(13-18)14-26-3)17-7-10-20(23)11-8-17;1-13(2)21(3)19(22)15-7-10-18(16(11-15)12-23-4)14-5-8-17(20)9-6-14;1-4-11-21(2)19(22)15-7-10-18(16(12-15)13-23-3)14-5-8-17(20)9-6-14;1-4-20(2)18(21)14-7-10-17(15(11-14)12-22-3)13-5-8-16(19)9-6-13/h7-13,15-16H,4-6,14H2,1-3H3;5-11,13H,12H2,1-4H3;5-10,12H,4,11,13H2,1-3H3;5-11H,4,12H2,1-3H3/t15-,16+;;;. The van der Waals surface area contributed by atoms with Crippen molar-refractivity contribution < 1.29 is 38.1 Å². The summed E-state index contributed by atoms with van der Waals surface area (Å²) in [5.74, 6) is 0.180. The number of ether oxygens (including phenoxy) is 4. The van der Waals surface area contributed by atoms with Crippen LogP contribution < -0.4 is 0 Å². The molecule has 2 atom stereocenters. The molecule has 1 aliphatic rings. The Balaban J connectivity index is 0.000000199. The summed E-state index contributed by atoms with van der Waals surface area (Å²) in [6, 6.07) is 54.6. The second-order valence-corrected chi connectivity index (χ2v) is 25.4. The predicted octanol–water partition coefficient (Wildman–Crippen LogP) is 19.1. The third-order valence-corrected chi connectivity index (χ3v) is 17.5. The van der Waals surface area contributed by atoms with E-state index in [2.05, 4.69) is 20.8 Å². The highest BCUT2D eigenvalue weighted by Gasteiger charge is 2.30. The maximum Gasteiger partial charge on any atom is 0.254 e. The number of hydrogen-bond donors (Lipinski definition) is 0. The molecule has 1 heterocycles. The normalized spacial score (nSPS) is 13.3. The van der Waals surface area contributed by atoms with Crippen molar-refractivity contribution >= 4 is 70.0 Å². The number of benzene rings is 8. The summed E-state index contributed by atoms with van der Waals surface area (Å²) in [6.07, 6.45) is 4.28. The fourth-order valence-corrected chi connectivity index (χ4v) is 11.6. The lowest BCUT2D eigenvalue weighted by molar-refractivity contribution is 0.0509. The molecule has 0 bridgehead atoms. The molecule has 0 N–H and O–H groups in total. The molecule has 4 amide bonds. The summed E-state index contributed by atoms with van der Waals surface area (Å²) in [6.45, 7) is 15.5. The van der Waals surface area contributed by atoms with E-state index in [1.54, 1.807) is 50.2 Å². The van der Waals surface area contributed by atoms with Crippen LogP contribution in [0.2, 0.25) is 20.1 Å². The largest absolute Gasteiger partial charge is 0.380 e. The van der Waals surface area contributed by atoms with Crippen molar-refractivity contribution in [2.75, 3.05) is 62.7 Å². The second-order valence-electron chi connectivity index (χ2n) is 23.6. The van der Waals surface area contributed by atoms with Crippen molar-refractivity contribution in [3.05, 3.63) is 234 Å². The van der Waals surface area contributed by atoms with Crippen LogP contribution >= 0.6 is 46.4 Å². The Morgan fingerprint density at radius 3 is 1.01 bits per heavy atom. The lowest BCUT2D eigenvalue weighted by Gasteiger charge is -2.39. The Morgan fingerprint density at radius 2 is 0.723 bits per heavy atom. The minimum absolute atomic E-state index is 0.0139. The Hall–Kier alpha value is -7.36. The lowest BCUT2D eigenvalue weighted by Crippen LogP contribution is -2.47. The van der Waals surface area contributed by atoms with Crippen LogP contribution in [0.4, 0.5) is 0 Å². The molecule has 0 aromatic heterocycles. The van der Waals surface area contributed by atoms with E-state index in [4.69, 9.17) is 65.4 Å². The van der Waals surface area contributed by atoms with E-state index >= 15 is 0 Å². The van der Waals surface area contributed by atoms with Crippen molar-refractivity contribution in [1.82, 2.24) is 19.6 Å². The number of carbonyl (C=O) groups excluding carboxylic acids is 4. The van der Waals surface area contributed by atoms with Crippen molar-refractivity contribution in [3.63, 3.8) is 0 Å².